The lowest BCUT2D eigenvalue weighted by atomic mass is 9.82. The predicted octanol–water partition coefficient (Wildman–Crippen LogP) is 4.40. The highest BCUT2D eigenvalue weighted by Gasteiger charge is 2.33. The van der Waals surface area contributed by atoms with Crippen LogP contribution < -0.4 is 10.6 Å². The highest BCUT2D eigenvalue weighted by Crippen LogP contribution is 2.31. The zero-order chi connectivity index (χ0) is 19.5. The van der Waals surface area contributed by atoms with Crippen molar-refractivity contribution in [2.75, 3.05) is 18.4 Å². The maximum atomic E-state index is 4.55. The van der Waals surface area contributed by atoms with Crippen LogP contribution in [0, 0.1) is 0 Å². The van der Waals surface area contributed by atoms with E-state index in [0.29, 0.717) is 0 Å². The van der Waals surface area contributed by atoms with E-state index >= 15 is 0 Å². The van der Waals surface area contributed by atoms with Gasteiger partial charge >= 0.3 is 0 Å². The zero-order valence-corrected chi connectivity index (χ0v) is 16.4. The minimum atomic E-state index is -0.0158. The number of piperidine rings is 1. The lowest BCUT2D eigenvalue weighted by Crippen LogP contribution is -2.49. The summed E-state index contributed by atoms with van der Waals surface area (Å²) < 4.78 is 0. The van der Waals surface area contributed by atoms with Crippen LogP contribution in [0.2, 0.25) is 0 Å². The molecule has 1 saturated heterocycles. The first-order chi connectivity index (χ1) is 14.3. The molecule has 2 aromatic heterocycles. The number of fused-ring (bicyclic) bond motifs is 1. The summed E-state index contributed by atoms with van der Waals surface area (Å²) in [6.07, 6.45) is 6.64. The van der Waals surface area contributed by atoms with Crippen molar-refractivity contribution in [1.29, 1.82) is 0 Å². The van der Waals surface area contributed by atoms with Gasteiger partial charge in [-0.25, -0.2) is 9.97 Å². The third-order valence-corrected chi connectivity index (χ3v) is 5.90. The molecule has 0 spiro atoms. The van der Waals surface area contributed by atoms with Gasteiger partial charge in [0.25, 0.3) is 0 Å². The molecule has 3 N–H and O–H groups in total. The molecule has 146 valence electrons. The van der Waals surface area contributed by atoms with E-state index in [4.69, 9.17) is 0 Å². The molecular formula is C24H25N5. The van der Waals surface area contributed by atoms with Crippen LogP contribution in [0.1, 0.15) is 18.4 Å². The summed E-state index contributed by atoms with van der Waals surface area (Å²) in [6, 6.07) is 21.6. The third kappa shape index (κ3) is 3.74. The van der Waals surface area contributed by atoms with Gasteiger partial charge in [0.15, 0.2) is 0 Å². The van der Waals surface area contributed by atoms with Gasteiger partial charge in [0.1, 0.15) is 17.8 Å². The van der Waals surface area contributed by atoms with Gasteiger partial charge in [-0.2, -0.15) is 0 Å². The molecule has 4 aromatic rings. The van der Waals surface area contributed by atoms with Crippen LogP contribution in [0.3, 0.4) is 0 Å². The second kappa shape index (κ2) is 7.68. The van der Waals surface area contributed by atoms with Crippen molar-refractivity contribution < 1.29 is 0 Å². The fourth-order valence-electron chi connectivity index (χ4n) is 4.31. The second-order valence-electron chi connectivity index (χ2n) is 7.86. The van der Waals surface area contributed by atoms with Crippen LogP contribution in [0.4, 0.5) is 5.82 Å². The molecule has 1 fully saturated rings. The van der Waals surface area contributed by atoms with Crippen LogP contribution in [-0.2, 0) is 6.42 Å². The predicted molar refractivity (Wildman–Crippen MR) is 118 cm³/mol. The minimum Gasteiger partial charge on any atom is -0.364 e. The van der Waals surface area contributed by atoms with E-state index in [1.54, 1.807) is 6.33 Å². The number of aromatic nitrogens is 3. The Morgan fingerprint density at radius 1 is 0.862 bits per heavy atom. The number of nitrogens with zero attached hydrogens (tertiary/aromatic N) is 2. The number of anilines is 1. The molecule has 2 aromatic carbocycles. The average molecular weight is 383 g/mol. The largest absolute Gasteiger partial charge is 0.364 e. The van der Waals surface area contributed by atoms with Gasteiger partial charge in [-0.3, -0.25) is 0 Å². The second-order valence-corrected chi connectivity index (χ2v) is 7.86. The Hall–Kier alpha value is -3.18. The highest BCUT2D eigenvalue weighted by atomic mass is 15.1. The van der Waals surface area contributed by atoms with Crippen molar-refractivity contribution in [3.63, 3.8) is 0 Å². The van der Waals surface area contributed by atoms with Gasteiger partial charge in [-0.1, -0.05) is 54.6 Å². The maximum Gasteiger partial charge on any atom is 0.142 e. The van der Waals surface area contributed by atoms with E-state index in [1.807, 2.05) is 12.3 Å². The third-order valence-electron chi connectivity index (χ3n) is 5.90. The topological polar surface area (TPSA) is 65.6 Å². The summed E-state index contributed by atoms with van der Waals surface area (Å²) in [5, 5.41) is 8.35. The number of nitrogens with one attached hydrogen (secondary N) is 3. The Bertz CT molecular complexity index is 1080. The van der Waals surface area contributed by atoms with Crippen LogP contribution >= 0.6 is 0 Å². The van der Waals surface area contributed by atoms with Gasteiger partial charge in [0.2, 0.25) is 0 Å². The van der Waals surface area contributed by atoms with Gasteiger partial charge in [0, 0.05) is 11.7 Å². The summed E-state index contributed by atoms with van der Waals surface area (Å²) in [7, 11) is 0. The molecule has 3 heterocycles. The standard InChI is InChI=1S/C24H25N5/c1-2-4-19(5-3-1)20-8-6-18(7-9-20)16-24(11-14-25-15-12-24)29-23-21-10-13-26-22(21)27-17-28-23/h1-10,13,17,25H,11-12,14-16H2,(H2,26,27,28,29). The minimum absolute atomic E-state index is 0.0158. The molecule has 5 heteroatoms. The Labute approximate surface area is 170 Å². The zero-order valence-electron chi connectivity index (χ0n) is 16.4. The van der Waals surface area contributed by atoms with E-state index in [-0.39, 0.29) is 5.54 Å². The number of rotatable bonds is 5. The fourth-order valence-corrected chi connectivity index (χ4v) is 4.31. The number of H-pyrrole nitrogens is 1. The Balaban J connectivity index is 1.42. The Kier molecular flexibility index (Phi) is 4.74. The molecule has 29 heavy (non-hydrogen) atoms. The molecule has 0 saturated carbocycles. The van der Waals surface area contributed by atoms with Crippen molar-refractivity contribution in [3.8, 4) is 11.1 Å². The smallest absolute Gasteiger partial charge is 0.142 e. The molecule has 0 aliphatic carbocycles. The summed E-state index contributed by atoms with van der Waals surface area (Å²) >= 11 is 0. The molecular weight excluding hydrogens is 358 g/mol. The molecule has 0 atom stereocenters. The SMILES string of the molecule is c1ccc(-c2ccc(CC3(Nc4ncnc5[nH]ccc45)CCNCC3)cc2)cc1. The maximum absolute atomic E-state index is 4.55. The highest BCUT2D eigenvalue weighted by molar-refractivity contribution is 5.87. The summed E-state index contributed by atoms with van der Waals surface area (Å²) in [5.41, 5.74) is 4.71. The first-order valence-electron chi connectivity index (χ1n) is 10.2. The molecule has 1 aliphatic rings. The fraction of sp³-hybridized carbons (Fsp3) is 0.250. The van der Waals surface area contributed by atoms with Gasteiger partial charge in [-0.05, 0) is 55.1 Å². The van der Waals surface area contributed by atoms with Gasteiger partial charge in [0.05, 0.1) is 5.39 Å². The quantitative estimate of drug-likeness (QED) is 0.478. The average Bonchev–Trinajstić information content (AvgIpc) is 3.26. The van der Waals surface area contributed by atoms with Crippen LogP contribution in [0.25, 0.3) is 22.2 Å². The van der Waals surface area contributed by atoms with Gasteiger partial charge in [-0.15, -0.1) is 0 Å². The molecule has 0 radical (unpaired) electrons. The van der Waals surface area contributed by atoms with Crippen molar-refractivity contribution >= 4 is 16.9 Å². The summed E-state index contributed by atoms with van der Waals surface area (Å²) in [6.45, 7) is 2.02. The molecule has 0 amide bonds. The van der Waals surface area contributed by atoms with E-state index < -0.39 is 0 Å². The van der Waals surface area contributed by atoms with Crippen molar-refractivity contribution in [3.05, 3.63) is 78.8 Å². The summed E-state index contributed by atoms with van der Waals surface area (Å²) in [5.74, 6) is 0.916. The summed E-state index contributed by atoms with van der Waals surface area (Å²) in [4.78, 5) is 12.0. The Morgan fingerprint density at radius 3 is 2.41 bits per heavy atom. The van der Waals surface area contributed by atoms with Gasteiger partial charge < -0.3 is 15.6 Å². The number of aromatic amines is 1. The van der Waals surface area contributed by atoms with Crippen molar-refractivity contribution in [2.24, 2.45) is 0 Å². The molecule has 0 bridgehead atoms. The molecule has 0 unspecified atom stereocenters. The van der Waals surface area contributed by atoms with E-state index in [0.717, 1.165) is 49.2 Å². The lowest BCUT2D eigenvalue weighted by molar-refractivity contribution is 0.335. The lowest BCUT2D eigenvalue weighted by Gasteiger charge is -2.39. The van der Waals surface area contributed by atoms with Crippen LogP contribution in [-0.4, -0.2) is 33.6 Å². The normalized spacial score (nSPS) is 16.0. The first kappa shape index (κ1) is 17.9. The van der Waals surface area contributed by atoms with E-state index in [1.165, 1.54) is 16.7 Å². The van der Waals surface area contributed by atoms with E-state index in [2.05, 4.69) is 80.2 Å². The van der Waals surface area contributed by atoms with Crippen LogP contribution in [0.5, 0.6) is 0 Å². The van der Waals surface area contributed by atoms with Crippen molar-refractivity contribution in [2.45, 2.75) is 24.8 Å². The van der Waals surface area contributed by atoms with E-state index in [9.17, 15) is 0 Å². The molecule has 1 aliphatic heterocycles. The number of benzene rings is 2. The number of hydrogen-bond donors (Lipinski definition) is 3. The molecule has 5 nitrogen and oxygen atoms in total. The molecule has 5 rings (SSSR count). The van der Waals surface area contributed by atoms with Crippen LogP contribution in [0.15, 0.2) is 73.2 Å². The monoisotopic (exact) mass is 383 g/mol. The Morgan fingerprint density at radius 2 is 1.62 bits per heavy atom. The first-order valence-corrected chi connectivity index (χ1v) is 10.2. The number of hydrogen-bond acceptors (Lipinski definition) is 4. The van der Waals surface area contributed by atoms with Crippen molar-refractivity contribution in [1.82, 2.24) is 20.3 Å².